The number of Topliss-reactive ketones (excluding diaryl/α,β-unsaturated/α-hetero) is 1. The number of carbonyl (C=O) groups is 3. The van der Waals surface area contributed by atoms with Crippen molar-refractivity contribution in [3.8, 4) is 5.75 Å². The van der Waals surface area contributed by atoms with Crippen molar-refractivity contribution >= 4 is 17.7 Å². The number of rotatable bonds is 2. The zero-order valence-corrected chi connectivity index (χ0v) is 22.2. The van der Waals surface area contributed by atoms with Gasteiger partial charge in [-0.2, -0.15) is 0 Å². The van der Waals surface area contributed by atoms with Gasteiger partial charge in [0.15, 0.2) is 5.78 Å². The van der Waals surface area contributed by atoms with Gasteiger partial charge in [0.1, 0.15) is 5.75 Å². The highest BCUT2D eigenvalue weighted by atomic mass is 16.6. The van der Waals surface area contributed by atoms with Crippen molar-refractivity contribution in [2.45, 2.75) is 71.6 Å². The third-order valence-electron chi connectivity index (χ3n) is 8.28. The van der Waals surface area contributed by atoms with Crippen molar-refractivity contribution in [3.63, 3.8) is 0 Å². The van der Waals surface area contributed by atoms with Crippen LogP contribution in [-0.4, -0.2) is 45.6 Å². The quantitative estimate of drug-likeness (QED) is 0.415. The van der Waals surface area contributed by atoms with Crippen LogP contribution in [0.25, 0.3) is 0 Å². The first-order valence-corrected chi connectivity index (χ1v) is 13.0. The maximum absolute atomic E-state index is 13.9. The van der Waals surface area contributed by atoms with Gasteiger partial charge in [-0.15, -0.1) is 0 Å². The Balaban J connectivity index is 1.85. The largest absolute Gasteiger partial charge is 0.508 e. The van der Waals surface area contributed by atoms with Crippen molar-refractivity contribution in [3.05, 3.63) is 64.8 Å². The number of phenolic OH excluding ortho intramolecular Hbond substituents is 1. The second kappa shape index (κ2) is 10.3. The number of aromatic hydroxyl groups is 1. The third kappa shape index (κ3) is 4.77. The number of benzene rings is 1. The molecule has 0 radical (unpaired) electrons. The monoisotopic (exact) mass is 507 g/mol. The fraction of sp³-hybridized carbons (Fsp3) is 0.500. The number of aliphatic hydroxyl groups is 1. The molecule has 4 rings (SSSR count). The van der Waals surface area contributed by atoms with E-state index in [4.69, 9.17) is 4.74 Å². The molecule has 198 valence electrons. The van der Waals surface area contributed by atoms with Crippen LogP contribution in [0, 0.1) is 23.7 Å². The van der Waals surface area contributed by atoms with Crippen LogP contribution in [0.4, 0.5) is 0 Å². The second-order valence-electron chi connectivity index (χ2n) is 11.0. The first kappa shape index (κ1) is 26.9. The van der Waals surface area contributed by atoms with E-state index < -0.39 is 35.4 Å². The zero-order valence-electron chi connectivity index (χ0n) is 22.2. The topological polar surface area (TPSA) is 113 Å². The van der Waals surface area contributed by atoms with Crippen LogP contribution in [0.3, 0.4) is 0 Å². The molecular weight excluding hydrogens is 470 g/mol. The normalized spacial score (nSPS) is 36.6. The lowest BCUT2D eigenvalue weighted by Crippen LogP contribution is -2.62. The highest BCUT2D eigenvalue weighted by Crippen LogP contribution is 2.53. The summed E-state index contributed by atoms with van der Waals surface area (Å²) < 4.78 is 6.14. The second-order valence-corrected chi connectivity index (χ2v) is 11.0. The summed E-state index contributed by atoms with van der Waals surface area (Å²) in [6.45, 7) is 9.40. The van der Waals surface area contributed by atoms with Crippen LogP contribution in [0.2, 0.25) is 0 Å². The Morgan fingerprint density at radius 3 is 2.46 bits per heavy atom. The summed E-state index contributed by atoms with van der Waals surface area (Å²) in [5.41, 5.74) is 1.62. The summed E-state index contributed by atoms with van der Waals surface area (Å²) in [6, 6.07) is 6.48. The van der Waals surface area contributed by atoms with E-state index in [9.17, 15) is 24.6 Å². The SMILES string of the molecule is CC(C)=C1[C@@H](C)C2[C@H](Cc3ccc(O)cc3)NC(=O)[C@]23OC(=O)C/C=C(\C)C(=O)[C@@H](C)C/C=C/[C@H]3[C@@H]1O. The lowest BCUT2D eigenvalue weighted by Gasteiger charge is -2.49. The predicted octanol–water partition coefficient (Wildman–Crippen LogP) is 3.80. The molecule has 7 atom stereocenters. The molecule has 2 fully saturated rings. The highest BCUT2D eigenvalue weighted by Gasteiger charge is 2.68. The summed E-state index contributed by atoms with van der Waals surface area (Å²) in [6.07, 6.45) is 4.94. The predicted molar refractivity (Wildman–Crippen MR) is 139 cm³/mol. The Morgan fingerprint density at radius 2 is 1.81 bits per heavy atom. The average Bonchev–Trinajstić information content (AvgIpc) is 3.11. The smallest absolute Gasteiger partial charge is 0.310 e. The molecule has 7 heteroatoms. The summed E-state index contributed by atoms with van der Waals surface area (Å²) >= 11 is 0. The molecule has 3 N–H and O–H groups in total. The number of phenols is 1. The van der Waals surface area contributed by atoms with Crippen LogP contribution in [0.1, 0.15) is 53.0 Å². The summed E-state index contributed by atoms with van der Waals surface area (Å²) in [4.78, 5) is 39.7. The van der Waals surface area contributed by atoms with Gasteiger partial charge >= 0.3 is 5.97 Å². The van der Waals surface area contributed by atoms with Crippen LogP contribution in [0.5, 0.6) is 5.75 Å². The highest BCUT2D eigenvalue weighted by molar-refractivity contribution is 5.97. The number of ketones is 1. The number of amides is 1. The van der Waals surface area contributed by atoms with Crippen LogP contribution >= 0.6 is 0 Å². The molecule has 0 aromatic heterocycles. The van der Waals surface area contributed by atoms with Crippen LogP contribution < -0.4 is 5.32 Å². The van der Waals surface area contributed by atoms with Crippen molar-refractivity contribution in [2.24, 2.45) is 23.7 Å². The molecule has 2 aliphatic heterocycles. The molecule has 1 spiro atoms. The van der Waals surface area contributed by atoms with Gasteiger partial charge in [-0.05, 0) is 68.4 Å². The number of hydrogen-bond donors (Lipinski definition) is 3. The average molecular weight is 508 g/mol. The minimum atomic E-state index is -1.60. The number of esters is 1. The Hall–Kier alpha value is -3.19. The maximum Gasteiger partial charge on any atom is 0.310 e. The number of hydrogen-bond acceptors (Lipinski definition) is 6. The van der Waals surface area contributed by atoms with E-state index in [1.165, 1.54) is 0 Å². The lowest BCUT2D eigenvalue weighted by atomic mass is 9.58. The molecule has 0 bridgehead atoms. The van der Waals surface area contributed by atoms with Gasteiger partial charge in [0, 0.05) is 17.9 Å². The van der Waals surface area contributed by atoms with Crippen LogP contribution in [0.15, 0.2) is 59.2 Å². The van der Waals surface area contributed by atoms with Gasteiger partial charge in [-0.25, -0.2) is 0 Å². The zero-order chi connectivity index (χ0) is 27.1. The standard InChI is InChI=1S/C30H37NO6/c1-16(2)25-19(5)26-23(15-20-10-12-21(32)13-11-20)31-29(36)30(26)22(28(25)35)8-6-7-17(3)27(34)18(4)9-14-24(33)37-30/h6,8-13,17,19,22-23,26,28,32,35H,7,14-15H2,1-5H3,(H,31,36)/b8-6+,18-9+/t17-,19+,22-,23-,26?,28-,30+/m0/s1. The van der Waals surface area contributed by atoms with E-state index in [0.717, 1.165) is 16.7 Å². The molecule has 1 unspecified atom stereocenters. The molecule has 1 aliphatic carbocycles. The van der Waals surface area contributed by atoms with Gasteiger partial charge in [-0.1, -0.05) is 49.8 Å². The fourth-order valence-electron chi connectivity index (χ4n) is 6.54. The van der Waals surface area contributed by atoms with Gasteiger partial charge in [0.25, 0.3) is 5.91 Å². The molecule has 1 saturated heterocycles. The molecule has 3 aliphatic rings. The maximum atomic E-state index is 13.9. The van der Waals surface area contributed by atoms with Crippen molar-refractivity contribution < 1.29 is 29.3 Å². The molecule has 1 amide bonds. The van der Waals surface area contributed by atoms with E-state index in [0.29, 0.717) is 18.4 Å². The van der Waals surface area contributed by atoms with Crippen molar-refractivity contribution in [2.75, 3.05) is 0 Å². The number of aliphatic hydroxyl groups excluding tert-OH is 1. The molecule has 1 aromatic rings. The number of nitrogens with one attached hydrogen (secondary N) is 1. The van der Waals surface area contributed by atoms with E-state index in [2.05, 4.69) is 5.32 Å². The van der Waals surface area contributed by atoms with Crippen LogP contribution in [-0.2, 0) is 25.5 Å². The Kier molecular flexibility index (Phi) is 7.47. The summed E-state index contributed by atoms with van der Waals surface area (Å²) in [5.74, 6) is -2.69. The van der Waals surface area contributed by atoms with E-state index in [1.54, 1.807) is 31.2 Å². The summed E-state index contributed by atoms with van der Waals surface area (Å²) in [5, 5.41) is 24.4. The van der Waals surface area contributed by atoms with Crippen molar-refractivity contribution in [1.82, 2.24) is 5.32 Å². The molecule has 1 aromatic carbocycles. The fourth-order valence-corrected chi connectivity index (χ4v) is 6.54. The summed E-state index contributed by atoms with van der Waals surface area (Å²) in [7, 11) is 0. The lowest BCUT2D eigenvalue weighted by molar-refractivity contribution is -0.186. The first-order valence-electron chi connectivity index (χ1n) is 13.0. The molecular formula is C30H37NO6. The Labute approximate surface area is 218 Å². The molecule has 2 heterocycles. The van der Waals surface area contributed by atoms with Gasteiger partial charge < -0.3 is 20.3 Å². The number of allylic oxidation sites excluding steroid dienone is 3. The number of ether oxygens (including phenoxy) is 1. The molecule has 37 heavy (non-hydrogen) atoms. The van der Waals surface area contributed by atoms with E-state index in [1.807, 2.05) is 45.9 Å². The molecule has 7 nitrogen and oxygen atoms in total. The van der Waals surface area contributed by atoms with Crippen molar-refractivity contribution in [1.29, 1.82) is 0 Å². The van der Waals surface area contributed by atoms with Gasteiger partial charge in [0.05, 0.1) is 18.4 Å². The van der Waals surface area contributed by atoms with Gasteiger partial charge in [0.2, 0.25) is 5.60 Å². The third-order valence-corrected chi connectivity index (χ3v) is 8.28. The number of carbonyl (C=O) groups excluding carboxylic acids is 3. The van der Waals surface area contributed by atoms with Gasteiger partial charge in [-0.3, -0.25) is 14.4 Å². The van der Waals surface area contributed by atoms with E-state index >= 15 is 0 Å². The minimum absolute atomic E-state index is 0.0408. The first-order chi connectivity index (χ1) is 17.5. The molecule has 1 saturated carbocycles. The Bertz CT molecular complexity index is 1170. The minimum Gasteiger partial charge on any atom is -0.508 e. The Morgan fingerprint density at radius 1 is 1.14 bits per heavy atom. The van der Waals surface area contributed by atoms with E-state index in [-0.39, 0.29) is 35.8 Å².